The van der Waals surface area contributed by atoms with E-state index in [9.17, 15) is 14.9 Å². The van der Waals surface area contributed by atoms with Gasteiger partial charge in [-0.05, 0) is 37.5 Å². The number of anilines is 1. The van der Waals surface area contributed by atoms with Crippen molar-refractivity contribution in [3.05, 3.63) is 57.4 Å². The molecule has 3 rings (SSSR count). The van der Waals surface area contributed by atoms with E-state index in [1.54, 1.807) is 4.90 Å². The van der Waals surface area contributed by atoms with Crippen LogP contribution >= 0.6 is 0 Å². The number of ether oxygens (including phenoxy) is 1. The van der Waals surface area contributed by atoms with Gasteiger partial charge in [-0.15, -0.1) is 0 Å². The van der Waals surface area contributed by atoms with E-state index in [0.29, 0.717) is 25.6 Å². The van der Waals surface area contributed by atoms with Crippen LogP contribution < -0.4 is 5.32 Å². The highest BCUT2D eigenvalue weighted by atomic mass is 16.6. The van der Waals surface area contributed by atoms with Gasteiger partial charge in [-0.25, -0.2) is 14.8 Å². The lowest BCUT2D eigenvalue weighted by Gasteiger charge is -2.24. The van der Waals surface area contributed by atoms with Crippen LogP contribution in [0.5, 0.6) is 0 Å². The van der Waals surface area contributed by atoms with Crippen molar-refractivity contribution in [3.63, 3.8) is 0 Å². The molecule has 9 heteroatoms. The summed E-state index contributed by atoms with van der Waals surface area (Å²) < 4.78 is 5.43. The van der Waals surface area contributed by atoms with Crippen LogP contribution in [0.15, 0.2) is 30.6 Å². The standard InChI is InChI=1S/C18H21N5O4/c1-18(2,3)27-17(24)22-10-13-5-4-12(6-14(13)11-22)7-19-16-20-8-15(9-21-16)23(25)26/h4-6,8-9H,7,10-11H2,1-3H3,(H,19,20,21). The Morgan fingerprint density at radius 1 is 1.26 bits per heavy atom. The summed E-state index contributed by atoms with van der Waals surface area (Å²) in [6.45, 7) is 7.04. The fourth-order valence-electron chi connectivity index (χ4n) is 2.70. The van der Waals surface area contributed by atoms with E-state index in [4.69, 9.17) is 4.74 Å². The molecule has 27 heavy (non-hydrogen) atoms. The molecule has 1 aromatic heterocycles. The third kappa shape index (κ3) is 4.69. The Morgan fingerprint density at radius 2 is 1.93 bits per heavy atom. The molecule has 0 saturated heterocycles. The van der Waals surface area contributed by atoms with Crippen molar-refractivity contribution in [3.8, 4) is 0 Å². The maximum atomic E-state index is 12.2. The molecule has 142 valence electrons. The highest BCUT2D eigenvalue weighted by molar-refractivity contribution is 5.69. The molecule has 0 atom stereocenters. The minimum Gasteiger partial charge on any atom is -0.444 e. The summed E-state index contributed by atoms with van der Waals surface area (Å²) in [7, 11) is 0. The number of aromatic nitrogens is 2. The molecular weight excluding hydrogens is 350 g/mol. The summed E-state index contributed by atoms with van der Waals surface area (Å²) in [5.41, 5.74) is 2.49. The van der Waals surface area contributed by atoms with Crippen LogP contribution in [0, 0.1) is 10.1 Å². The van der Waals surface area contributed by atoms with Gasteiger partial charge in [0.15, 0.2) is 0 Å². The number of nitrogens with one attached hydrogen (secondary N) is 1. The van der Waals surface area contributed by atoms with Crippen molar-refractivity contribution in [2.75, 3.05) is 5.32 Å². The molecule has 1 aliphatic heterocycles. The summed E-state index contributed by atoms with van der Waals surface area (Å²) >= 11 is 0. The van der Waals surface area contributed by atoms with Gasteiger partial charge in [0.2, 0.25) is 5.95 Å². The van der Waals surface area contributed by atoms with Crippen molar-refractivity contribution in [2.24, 2.45) is 0 Å². The van der Waals surface area contributed by atoms with Crippen molar-refractivity contribution in [1.29, 1.82) is 0 Å². The summed E-state index contributed by atoms with van der Waals surface area (Å²) in [6, 6.07) is 5.99. The SMILES string of the molecule is CC(C)(C)OC(=O)N1Cc2ccc(CNc3ncc([N+](=O)[O-])cn3)cc2C1. The Morgan fingerprint density at radius 3 is 2.56 bits per heavy atom. The highest BCUT2D eigenvalue weighted by Crippen LogP contribution is 2.26. The van der Waals surface area contributed by atoms with Gasteiger partial charge >= 0.3 is 11.8 Å². The minimum atomic E-state index is -0.541. The van der Waals surface area contributed by atoms with E-state index in [0.717, 1.165) is 29.1 Å². The fourth-order valence-corrected chi connectivity index (χ4v) is 2.70. The Bertz CT molecular complexity index is 861. The predicted octanol–water partition coefficient (Wildman–Crippen LogP) is 3.25. The van der Waals surface area contributed by atoms with Crippen molar-refractivity contribution < 1.29 is 14.5 Å². The van der Waals surface area contributed by atoms with Gasteiger partial charge in [0.25, 0.3) is 0 Å². The van der Waals surface area contributed by atoms with Crippen LogP contribution in [0.25, 0.3) is 0 Å². The molecule has 0 fully saturated rings. The topological polar surface area (TPSA) is 110 Å². The van der Waals surface area contributed by atoms with E-state index >= 15 is 0 Å². The van der Waals surface area contributed by atoms with Crippen molar-refractivity contribution in [1.82, 2.24) is 14.9 Å². The normalized spacial score (nSPS) is 13.2. The zero-order valence-electron chi connectivity index (χ0n) is 15.4. The minimum absolute atomic E-state index is 0.152. The molecule has 0 aliphatic carbocycles. The maximum absolute atomic E-state index is 12.2. The molecule has 2 heterocycles. The lowest BCUT2D eigenvalue weighted by atomic mass is 10.1. The van der Waals surface area contributed by atoms with E-state index in [-0.39, 0.29) is 11.8 Å². The second-order valence-corrected chi connectivity index (χ2v) is 7.32. The quantitative estimate of drug-likeness (QED) is 0.649. The number of benzene rings is 1. The molecule has 1 amide bonds. The third-order valence-corrected chi connectivity index (χ3v) is 3.94. The van der Waals surface area contributed by atoms with E-state index in [1.165, 1.54) is 0 Å². The van der Waals surface area contributed by atoms with Gasteiger partial charge in [-0.3, -0.25) is 15.0 Å². The number of rotatable bonds is 4. The average molecular weight is 371 g/mol. The predicted molar refractivity (Wildman–Crippen MR) is 97.9 cm³/mol. The van der Waals surface area contributed by atoms with Crippen molar-refractivity contribution >= 4 is 17.7 Å². The smallest absolute Gasteiger partial charge is 0.410 e. The Kier molecular flexibility index (Phi) is 4.93. The van der Waals surface area contributed by atoms with Gasteiger partial charge in [0, 0.05) is 19.6 Å². The number of nitro groups is 1. The molecule has 1 aromatic carbocycles. The molecular formula is C18H21N5O4. The van der Waals surface area contributed by atoms with Crippen LogP contribution in [0.2, 0.25) is 0 Å². The van der Waals surface area contributed by atoms with Crippen LogP contribution in [-0.4, -0.2) is 31.5 Å². The van der Waals surface area contributed by atoms with Crippen molar-refractivity contribution in [2.45, 2.75) is 46.0 Å². The third-order valence-electron chi connectivity index (χ3n) is 3.94. The number of amides is 1. The first kappa shape index (κ1) is 18.6. The summed E-state index contributed by atoms with van der Waals surface area (Å²) in [5, 5.41) is 13.7. The number of carbonyl (C=O) groups is 1. The Hall–Kier alpha value is -3.23. The van der Waals surface area contributed by atoms with Gasteiger partial charge in [-0.2, -0.15) is 0 Å². The number of nitrogens with zero attached hydrogens (tertiary/aromatic N) is 4. The van der Waals surface area contributed by atoms with Gasteiger partial charge < -0.3 is 10.1 Å². The molecule has 0 spiro atoms. The van der Waals surface area contributed by atoms with Crippen LogP contribution in [0.1, 0.15) is 37.5 Å². The molecule has 0 radical (unpaired) electrons. The summed E-state index contributed by atoms with van der Waals surface area (Å²) in [5.74, 6) is 0.316. The number of hydrogen-bond donors (Lipinski definition) is 1. The van der Waals surface area contributed by atoms with Crippen LogP contribution in [0.3, 0.4) is 0 Å². The largest absolute Gasteiger partial charge is 0.444 e. The molecule has 0 unspecified atom stereocenters. The first-order valence-electron chi connectivity index (χ1n) is 8.50. The maximum Gasteiger partial charge on any atom is 0.410 e. The lowest BCUT2D eigenvalue weighted by Crippen LogP contribution is -2.33. The molecule has 9 nitrogen and oxygen atoms in total. The number of fused-ring (bicyclic) bond motifs is 1. The Balaban J connectivity index is 1.60. The monoisotopic (exact) mass is 371 g/mol. The van der Waals surface area contributed by atoms with Crippen LogP contribution in [-0.2, 0) is 24.4 Å². The summed E-state index contributed by atoms with van der Waals surface area (Å²) in [4.78, 5) is 31.8. The molecule has 1 aliphatic rings. The molecule has 0 saturated carbocycles. The van der Waals surface area contributed by atoms with Crippen LogP contribution in [0.4, 0.5) is 16.4 Å². The highest BCUT2D eigenvalue weighted by Gasteiger charge is 2.27. The Labute approximate surface area is 156 Å². The zero-order valence-corrected chi connectivity index (χ0v) is 15.4. The number of hydrogen-bond acceptors (Lipinski definition) is 7. The second-order valence-electron chi connectivity index (χ2n) is 7.32. The average Bonchev–Trinajstić information content (AvgIpc) is 3.02. The van der Waals surface area contributed by atoms with E-state index in [2.05, 4.69) is 15.3 Å². The zero-order chi connectivity index (χ0) is 19.6. The molecule has 2 aromatic rings. The number of carbonyl (C=O) groups excluding carboxylic acids is 1. The fraction of sp³-hybridized carbons (Fsp3) is 0.389. The first-order valence-corrected chi connectivity index (χ1v) is 8.50. The molecule has 1 N–H and O–H groups in total. The lowest BCUT2D eigenvalue weighted by molar-refractivity contribution is -0.385. The summed E-state index contributed by atoms with van der Waals surface area (Å²) in [6.07, 6.45) is 2.01. The van der Waals surface area contributed by atoms with E-state index in [1.807, 2.05) is 39.0 Å². The molecule has 0 bridgehead atoms. The van der Waals surface area contributed by atoms with Gasteiger partial charge in [-0.1, -0.05) is 18.2 Å². The second kappa shape index (κ2) is 7.18. The van der Waals surface area contributed by atoms with Gasteiger partial charge in [0.1, 0.15) is 18.0 Å². The van der Waals surface area contributed by atoms with Gasteiger partial charge in [0.05, 0.1) is 4.92 Å². The van der Waals surface area contributed by atoms with E-state index < -0.39 is 10.5 Å². The first-order chi connectivity index (χ1) is 12.7.